The maximum atomic E-state index is 5.21. The quantitative estimate of drug-likeness (QED) is 0.134. The average molecular weight is 680 g/mol. The molecular formula is C48H33N3Si. The van der Waals surface area contributed by atoms with Crippen molar-refractivity contribution in [3.63, 3.8) is 0 Å². The Bertz CT molecular complexity index is 2690. The van der Waals surface area contributed by atoms with Crippen molar-refractivity contribution in [1.29, 1.82) is 0 Å². The van der Waals surface area contributed by atoms with Gasteiger partial charge in [-0.2, -0.15) is 0 Å². The van der Waals surface area contributed by atoms with E-state index in [0.29, 0.717) is 17.5 Å². The molecule has 0 saturated carbocycles. The van der Waals surface area contributed by atoms with E-state index in [0.717, 1.165) is 27.5 Å². The normalized spacial score (nSPS) is 14.7. The largest absolute Gasteiger partial charge is 0.208 e. The van der Waals surface area contributed by atoms with Gasteiger partial charge in [0.05, 0.1) is 0 Å². The molecule has 1 aromatic heterocycles. The molecule has 0 saturated heterocycles. The van der Waals surface area contributed by atoms with Crippen molar-refractivity contribution >= 4 is 45.2 Å². The topological polar surface area (TPSA) is 38.7 Å². The molecule has 0 spiro atoms. The first-order valence-electron chi connectivity index (χ1n) is 17.8. The minimum absolute atomic E-state index is 0.657. The highest BCUT2D eigenvalue weighted by Gasteiger charge is 2.43. The SMILES string of the molecule is C[Si]1(c2ccccc2)c2ccccc2-c2ccc(-c3c4ccccc4c(-c4nc(-c5ccccc5)nc(-c5ccccc5)n4)c4ccccc34)cc21. The molecule has 4 heteroatoms. The Hall–Kier alpha value is -6.49. The third kappa shape index (κ3) is 4.69. The monoisotopic (exact) mass is 679 g/mol. The summed E-state index contributed by atoms with van der Waals surface area (Å²) in [7, 11) is -2.27. The third-order valence-electron chi connectivity index (χ3n) is 10.8. The second kappa shape index (κ2) is 12.1. The summed E-state index contributed by atoms with van der Waals surface area (Å²) >= 11 is 0. The van der Waals surface area contributed by atoms with Crippen molar-refractivity contribution < 1.29 is 0 Å². The van der Waals surface area contributed by atoms with E-state index in [1.807, 2.05) is 36.4 Å². The van der Waals surface area contributed by atoms with Crippen molar-refractivity contribution in [3.05, 3.63) is 182 Å². The zero-order valence-electron chi connectivity index (χ0n) is 28.7. The van der Waals surface area contributed by atoms with Crippen molar-refractivity contribution in [2.45, 2.75) is 6.55 Å². The summed E-state index contributed by atoms with van der Waals surface area (Å²) in [6.45, 7) is 2.52. The van der Waals surface area contributed by atoms with Crippen LogP contribution in [0.4, 0.5) is 0 Å². The van der Waals surface area contributed by atoms with Gasteiger partial charge in [-0.1, -0.05) is 189 Å². The zero-order chi connectivity index (χ0) is 34.6. The Balaban J connectivity index is 1.25. The van der Waals surface area contributed by atoms with Crippen LogP contribution in [0.15, 0.2) is 182 Å². The van der Waals surface area contributed by atoms with Gasteiger partial charge in [0.2, 0.25) is 0 Å². The number of aromatic nitrogens is 3. The second-order valence-corrected chi connectivity index (χ2v) is 17.6. The summed E-state index contributed by atoms with van der Waals surface area (Å²) < 4.78 is 0. The molecule has 1 aliphatic rings. The van der Waals surface area contributed by atoms with Gasteiger partial charge in [0.15, 0.2) is 17.5 Å². The molecule has 3 nitrogen and oxygen atoms in total. The summed E-state index contributed by atoms with van der Waals surface area (Å²) in [5, 5.41) is 8.97. The smallest absolute Gasteiger partial charge is 0.165 e. The molecule has 0 fully saturated rings. The Morgan fingerprint density at radius 3 is 1.37 bits per heavy atom. The van der Waals surface area contributed by atoms with Gasteiger partial charge in [0.25, 0.3) is 0 Å². The number of nitrogens with zero attached hydrogens (tertiary/aromatic N) is 3. The summed E-state index contributed by atoms with van der Waals surface area (Å²) in [4.78, 5) is 15.4. The van der Waals surface area contributed by atoms with Crippen LogP contribution in [0.25, 0.3) is 78.0 Å². The first-order chi connectivity index (χ1) is 25.7. The lowest BCUT2D eigenvalue weighted by Crippen LogP contribution is -2.62. The van der Waals surface area contributed by atoms with Crippen LogP contribution < -0.4 is 15.6 Å². The van der Waals surface area contributed by atoms with Gasteiger partial charge >= 0.3 is 0 Å². The molecule has 8 aromatic carbocycles. The van der Waals surface area contributed by atoms with Crippen LogP contribution in [-0.4, -0.2) is 23.0 Å². The fourth-order valence-electron chi connectivity index (χ4n) is 8.33. The molecule has 244 valence electrons. The van der Waals surface area contributed by atoms with E-state index in [4.69, 9.17) is 15.0 Å². The molecule has 1 unspecified atom stereocenters. The molecule has 52 heavy (non-hydrogen) atoms. The van der Waals surface area contributed by atoms with E-state index in [9.17, 15) is 0 Å². The fraction of sp³-hybridized carbons (Fsp3) is 0.0208. The summed E-state index contributed by atoms with van der Waals surface area (Å²) in [5.41, 5.74) is 8.12. The molecule has 10 rings (SSSR count). The minimum atomic E-state index is -2.27. The molecule has 0 amide bonds. The number of hydrogen-bond donors (Lipinski definition) is 0. The van der Waals surface area contributed by atoms with Gasteiger partial charge in [0.1, 0.15) is 8.07 Å². The molecule has 2 heterocycles. The summed E-state index contributed by atoms with van der Waals surface area (Å²) in [6, 6.07) is 65.3. The highest BCUT2D eigenvalue weighted by molar-refractivity contribution is 7.13. The summed E-state index contributed by atoms with van der Waals surface area (Å²) in [5.74, 6) is 1.98. The van der Waals surface area contributed by atoms with Gasteiger partial charge in [-0.25, -0.2) is 15.0 Å². The number of rotatable bonds is 5. The Morgan fingerprint density at radius 2 is 0.788 bits per heavy atom. The van der Waals surface area contributed by atoms with Crippen molar-refractivity contribution in [3.8, 4) is 56.4 Å². The lowest BCUT2D eigenvalue weighted by molar-refractivity contribution is 1.08. The number of benzene rings is 8. The van der Waals surface area contributed by atoms with E-state index in [2.05, 4.69) is 152 Å². The lowest BCUT2D eigenvalue weighted by atomic mass is 9.87. The predicted molar refractivity (Wildman–Crippen MR) is 219 cm³/mol. The van der Waals surface area contributed by atoms with Crippen LogP contribution in [0.5, 0.6) is 0 Å². The van der Waals surface area contributed by atoms with Crippen LogP contribution in [0.1, 0.15) is 0 Å². The van der Waals surface area contributed by atoms with E-state index < -0.39 is 8.07 Å². The van der Waals surface area contributed by atoms with E-state index >= 15 is 0 Å². The van der Waals surface area contributed by atoms with Crippen LogP contribution in [0.2, 0.25) is 6.55 Å². The van der Waals surface area contributed by atoms with Crippen LogP contribution >= 0.6 is 0 Å². The van der Waals surface area contributed by atoms with Crippen molar-refractivity contribution in [2.24, 2.45) is 0 Å². The Labute approximate surface area is 304 Å². The molecular weight excluding hydrogens is 647 g/mol. The Kier molecular flexibility index (Phi) is 7.05. The first kappa shape index (κ1) is 30.3. The maximum Gasteiger partial charge on any atom is 0.165 e. The highest BCUT2D eigenvalue weighted by Crippen LogP contribution is 2.44. The molecule has 1 atom stereocenters. The fourth-order valence-corrected chi connectivity index (χ4v) is 12.5. The second-order valence-electron chi connectivity index (χ2n) is 13.7. The van der Waals surface area contributed by atoms with E-state index in [-0.39, 0.29) is 0 Å². The van der Waals surface area contributed by atoms with Crippen molar-refractivity contribution in [1.82, 2.24) is 15.0 Å². The Morgan fingerprint density at radius 1 is 0.346 bits per heavy atom. The van der Waals surface area contributed by atoms with Crippen LogP contribution in [-0.2, 0) is 0 Å². The lowest BCUT2D eigenvalue weighted by Gasteiger charge is -2.26. The number of fused-ring (bicyclic) bond motifs is 5. The average Bonchev–Trinajstić information content (AvgIpc) is 3.48. The van der Waals surface area contributed by atoms with Gasteiger partial charge < -0.3 is 0 Å². The molecule has 0 bridgehead atoms. The van der Waals surface area contributed by atoms with E-state index in [1.165, 1.54) is 48.6 Å². The van der Waals surface area contributed by atoms with Gasteiger partial charge in [-0.3, -0.25) is 0 Å². The molecule has 0 radical (unpaired) electrons. The third-order valence-corrected chi connectivity index (χ3v) is 15.3. The molecule has 9 aromatic rings. The standard InChI is InChI=1S/C48H33N3Si/c1-52(35-21-9-4-10-22-35)42-28-16-15-23-36(42)37-30-29-34(31-43(37)52)44-38-24-11-13-26-40(38)45(41-27-14-12-25-39(41)44)48-50-46(32-17-5-2-6-18-32)49-47(51-48)33-19-7-3-8-20-33/h2-31H,1H3. The van der Waals surface area contributed by atoms with Crippen LogP contribution in [0.3, 0.4) is 0 Å². The number of hydrogen-bond acceptors (Lipinski definition) is 3. The zero-order valence-corrected chi connectivity index (χ0v) is 29.7. The maximum absolute atomic E-state index is 5.21. The van der Waals surface area contributed by atoms with Crippen molar-refractivity contribution in [2.75, 3.05) is 0 Å². The molecule has 0 aliphatic carbocycles. The summed E-state index contributed by atoms with van der Waals surface area (Å²) in [6.07, 6.45) is 0. The molecule has 0 N–H and O–H groups in total. The van der Waals surface area contributed by atoms with Crippen LogP contribution in [0, 0.1) is 0 Å². The van der Waals surface area contributed by atoms with Gasteiger partial charge in [0, 0.05) is 16.7 Å². The minimum Gasteiger partial charge on any atom is -0.208 e. The first-order valence-corrected chi connectivity index (χ1v) is 20.3. The highest BCUT2D eigenvalue weighted by atomic mass is 28.3. The molecule has 1 aliphatic heterocycles. The van der Waals surface area contributed by atoms with Gasteiger partial charge in [-0.05, 0) is 59.4 Å². The van der Waals surface area contributed by atoms with Gasteiger partial charge in [-0.15, -0.1) is 0 Å². The van der Waals surface area contributed by atoms with E-state index in [1.54, 1.807) is 0 Å². The predicted octanol–water partition coefficient (Wildman–Crippen LogP) is 9.93.